The van der Waals surface area contributed by atoms with Crippen molar-refractivity contribution < 1.29 is 9.90 Å². The van der Waals surface area contributed by atoms with E-state index in [0.29, 0.717) is 12.3 Å². The number of carbonyl (C=O) groups is 1. The van der Waals surface area contributed by atoms with Crippen molar-refractivity contribution in [3.8, 4) is 0 Å². The summed E-state index contributed by atoms with van der Waals surface area (Å²) in [6.45, 7) is 12.0. The number of hydrogen-bond donors (Lipinski definition) is 2. The average molecular weight is 215 g/mol. The van der Waals surface area contributed by atoms with Crippen molar-refractivity contribution in [1.29, 1.82) is 0 Å². The van der Waals surface area contributed by atoms with Crippen LogP contribution < -0.4 is 5.32 Å². The van der Waals surface area contributed by atoms with Crippen LogP contribution in [0.4, 0.5) is 0 Å². The van der Waals surface area contributed by atoms with Crippen molar-refractivity contribution in [3.63, 3.8) is 0 Å². The number of aliphatic carboxylic acids is 1. The standard InChI is InChI=1S/C12H25NO2/c1-7-11(4,5)13-12(6,10(14)15)8-9(2)3/h9,13H,7-8H2,1-6H3,(H,14,15). The first-order valence-corrected chi connectivity index (χ1v) is 5.65. The maximum absolute atomic E-state index is 11.3. The molecule has 0 saturated heterocycles. The highest BCUT2D eigenvalue weighted by molar-refractivity contribution is 5.78. The quantitative estimate of drug-likeness (QED) is 0.716. The van der Waals surface area contributed by atoms with E-state index in [-0.39, 0.29) is 5.54 Å². The van der Waals surface area contributed by atoms with Crippen LogP contribution in [-0.4, -0.2) is 22.2 Å². The Bertz CT molecular complexity index is 224. The molecule has 0 radical (unpaired) electrons. The summed E-state index contributed by atoms with van der Waals surface area (Å²) in [5.41, 5.74) is -0.963. The summed E-state index contributed by atoms with van der Waals surface area (Å²) in [4.78, 5) is 11.3. The average Bonchev–Trinajstić information content (AvgIpc) is 2.01. The van der Waals surface area contributed by atoms with Crippen LogP contribution in [0.3, 0.4) is 0 Å². The van der Waals surface area contributed by atoms with E-state index in [1.54, 1.807) is 6.92 Å². The van der Waals surface area contributed by atoms with Gasteiger partial charge in [0.25, 0.3) is 0 Å². The van der Waals surface area contributed by atoms with Crippen LogP contribution in [0.2, 0.25) is 0 Å². The maximum Gasteiger partial charge on any atom is 0.323 e. The van der Waals surface area contributed by atoms with E-state index < -0.39 is 11.5 Å². The smallest absolute Gasteiger partial charge is 0.323 e. The second kappa shape index (κ2) is 4.97. The first-order valence-electron chi connectivity index (χ1n) is 5.65. The summed E-state index contributed by atoms with van der Waals surface area (Å²) in [6, 6.07) is 0. The van der Waals surface area contributed by atoms with Gasteiger partial charge in [0.2, 0.25) is 0 Å². The molecule has 0 aromatic carbocycles. The van der Waals surface area contributed by atoms with Gasteiger partial charge in [-0.25, -0.2) is 0 Å². The molecule has 2 N–H and O–H groups in total. The number of carboxylic acids is 1. The van der Waals surface area contributed by atoms with E-state index >= 15 is 0 Å². The van der Waals surface area contributed by atoms with Crippen LogP contribution in [0.1, 0.15) is 54.4 Å². The van der Waals surface area contributed by atoms with Gasteiger partial charge in [-0.05, 0) is 39.5 Å². The summed E-state index contributed by atoms with van der Waals surface area (Å²) in [5.74, 6) is -0.399. The van der Waals surface area contributed by atoms with Crippen LogP contribution in [-0.2, 0) is 4.79 Å². The van der Waals surface area contributed by atoms with Crippen molar-refractivity contribution in [2.24, 2.45) is 5.92 Å². The number of carboxylic acid groups (broad SMARTS) is 1. The van der Waals surface area contributed by atoms with Crippen molar-refractivity contribution >= 4 is 5.97 Å². The molecule has 0 aliphatic rings. The van der Waals surface area contributed by atoms with E-state index in [2.05, 4.69) is 12.2 Å². The van der Waals surface area contributed by atoms with Crippen molar-refractivity contribution in [3.05, 3.63) is 0 Å². The van der Waals surface area contributed by atoms with Crippen molar-refractivity contribution in [1.82, 2.24) is 5.32 Å². The fourth-order valence-electron chi connectivity index (χ4n) is 1.84. The van der Waals surface area contributed by atoms with Gasteiger partial charge in [0, 0.05) is 5.54 Å². The Morgan fingerprint density at radius 3 is 2.07 bits per heavy atom. The summed E-state index contributed by atoms with van der Waals surface area (Å²) in [5, 5.41) is 12.5. The van der Waals surface area contributed by atoms with Crippen LogP contribution in [0, 0.1) is 5.92 Å². The first-order chi connectivity index (χ1) is 6.63. The normalized spacial score (nSPS) is 16.5. The van der Waals surface area contributed by atoms with Gasteiger partial charge in [-0.2, -0.15) is 0 Å². The molecule has 3 heteroatoms. The molecule has 0 spiro atoms. The Morgan fingerprint density at radius 2 is 1.80 bits per heavy atom. The zero-order valence-electron chi connectivity index (χ0n) is 10.8. The van der Waals surface area contributed by atoms with Crippen LogP contribution in [0.15, 0.2) is 0 Å². The van der Waals surface area contributed by atoms with Crippen LogP contribution in [0.25, 0.3) is 0 Å². The van der Waals surface area contributed by atoms with Gasteiger partial charge in [0.15, 0.2) is 0 Å². The second-order valence-electron chi connectivity index (χ2n) is 5.60. The molecular weight excluding hydrogens is 190 g/mol. The monoisotopic (exact) mass is 215 g/mol. The highest BCUT2D eigenvalue weighted by atomic mass is 16.4. The molecule has 3 nitrogen and oxygen atoms in total. The molecule has 0 saturated carbocycles. The molecule has 0 amide bonds. The molecule has 15 heavy (non-hydrogen) atoms. The molecule has 0 aliphatic carbocycles. The minimum atomic E-state index is -0.826. The second-order valence-corrected chi connectivity index (χ2v) is 5.60. The molecule has 0 rings (SSSR count). The Kier molecular flexibility index (Phi) is 4.78. The van der Waals surface area contributed by atoms with Gasteiger partial charge >= 0.3 is 5.97 Å². The topological polar surface area (TPSA) is 49.3 Å². The predicted molar refractivity (Wildman–Crippen MR) is 63.0 cm³/mol. The Morgan fingerprint density at radius 1 is 1.33 bits per heavy atom. The fraction of sp³-hybridized carbons (Fsp3) is 0.917. The Balaban J connectivity index is 4.73. The lowest BCUT2D eigenvalue weighted by Gasteiger charge is -2.37. The third-order valence-corrected chi connectivity index (χ3v) is 2.79. The lowest BCUT2D eigenvalue weighted by atomic mass is 9.87. The first kappa shape index (κ1) is 14.4. The highest BCUT2D eigenvalue weighted by Crippen LogP contribution is 2.22. The zero-order valence-corrected chi connectivity index (χ0v) is 10.8. The highest BCUT2D eigenvalue weighted by Gasteiger charge is 2.37. The lowest BCUT2D eigenvalue weighted by Crippen LogP contribution is -2.58. The molecule has 1 unspecified atom stereocenters. The summed E-state index contributed by atoms with van der Waals surface area (Å²) in [7, 11) is 0. The van der Waals surface area contributed by atoms with Crippen LogP contribution in [0.5, 0.6) is 0 Å². The minimum Gasteiger partial charge on any atom is -0.480 e. The molecule has 0 fully saturated rings. The number of rotatable bonds is 6. The van der Waals surface area contributed by atoms with Gasteiger partial charge < -0.3 is 5.11 Å². The molecule has 0 aromatic heterocycles. The van der Waals surface area contributed by atoms with Crippen molar-refractivity contribution in [2.45, 2.75) is 65.5 Å². The van der Waals surface area contributed by atoms with E-state index in [1.807, 2.05) is 27.7 Å². The molecule has 0 aromatic rings. The Labute approximate surface area is 93.3 Å². The van der Waals surface area contributed by atoms with Crippen LogP contribution >= 0.6 is 0 Å². The van der Waals surface area contributed by atoms with Gasteiger partial charge in [-0.1, -0.05) is 20.8 Å². The largest absolute Gasteiger partial charge is 0.480 e. The van der Waals surface area contributed by atoms with Gasteiger partial charge in [-0.15, -0.1) is 0 Å². The molecule has 0 aliphatic heterocycles. The molecule has 0 heterocycles. The van der Waals surface area contributed by atoms with E-state index in [9.17, 15) is 9.90 Å². The predicted octanol–water partition coefficient (Wildman–Crippen LogP) is 2.65. The van der Waals surface area contributed by atoms with E-state index in [4.69, 9.17) is 0 Å². The number of nitrogens with one attached hydrogen (secondary N) is 1. The van der Waals surface area contributed by atoms with E-state index in [0.717, 1.165) is 6.42 Å². The molecule has 90 valence electrons. The Hall–Kier alpha value is -0.570. The van der Waals surface area contributed by atoms with Crippen molar-refractivity contribution in [2.75, 3.05) is 0 Å². The summed E-state index contributed by atoms with van der Waals surface area (Å²) < 4.78 is 0. The number of hydrogen-bond acceptors (Lipinski definition) is 2. The van der Waals surface area contributed by atoms with E-state index in [1.165, 1.54) is 0 Å². The SMILES string of the molecule is CCC(C)(C)NC(C)(CC(C)C)C(=O)O. The van der Waals surface area contributed by atoms with Gasteiger partial charge in [-0.3, -0.25) is 10.1 Å². The minimum absolute atomic E-state index is 0.137. The maximum atomic E-state index is 11.3. The summed E-state index contributed by atoms with van der Waals surface area (Å²) in [6.07, 6.45) is 1.56. The summed E-state index contributed by atoms with van der Waals surface area (Å²) >= 11 is 0. The molecule has 1 atom stereocenters. The van der Waals surface area contributed by atoms with Gasteiger partial charge in [0.1, 0.15) is 5.54 Å². The lowest BCUT2D eigenvalue weighted by molar-refractivity contribution is -0.145. The fourth-order valence-corrected chi connectivity index (χ4v) is 1.84. The molecule has 0 bridgehead atoms. The third kappa shape index (κ3) is 4.65. The zero-order chi connectivity index (χ0) is 12.3. The van der Waals surface area contributed by atoms with Gasteiger partial charge in [0.05, 0.1) is 0 Å². The third-order valence-electron chi connectivity index (χ3n) is 2.79. The molecular formula is C12H25NO2.